The standard InChI is InChI=1S/C24H27N7OS/c1-5-10-30-21(32)18-13-26-22(28-17-7-6-15-8-9-25-12-16(15)11-17)29-20(18)31(30)23-27-14-19(33-23)24(2,3)4/h5-7,11,13-14,25H,1,8-10,12H2,2-4H3,(H,26,28,29). The van der Waals surface area contributed by atoms with Gasteiger partial charge in [0.15, 0.2) is 5.65 Å². The molecule has 0 fully saturated rings. The molecule has 0 amide bonds. The number of nitrogens with zero attached hydrogens (tertiary/aromatic N) is 5. The van der Waals surface area contributed by atoms with Gasteiger partial charge in [0.05, 0.1) is 6.54 Å². The minimum atomic E-state index is -0.163. The molecule has 8 nitrogen and oxygen atoms in total. The van der Waals surface area contributed by atoms with Crippen molar-refractivity contribution in [3.05, 3.63) is 69.6 Å². The number of hydrogen-bond acceptors (Lipinski definition) is 7. The molecule has 4 heterocycles. The second-order valence-electron chi connectivity index (χ2n) is 9.21. The largest absolute Gasteiger partial charge is 0.324 e. The molecule has 170 valence electrons. The zero-order valence-corrected chi connectivity index (χ0v) is 19.9. The maximum atomic E-state index is 13.1. The van der Waals surface area contributed by atoms with Crippen LogP contribution in [0.4, 0.5) is 11.6 Å². The van der Waals surface area contributed by atoms with E-state index in [1.54, 1.807) is 33.0 Å². The molecule has 1 aromatic carbocycles. The lowest BCUT2D eigenvalue weighted by Gasteiger charge is -2.18. The molecule has 0 saturated carbocycles. The summed E-state index contributed by atoms with van der Waals surface area (Å²) in [7, 11) is 0. The highest BCUT2D eigenvalue weighted by Crippen LogP contribution is 2.30. The lowest BCUT2D eigenvalue weighted by atomic mass is 9.96. The molecule has 0 spiro atoms. The summed E-state index contributed by atoms with van der Waals surface area (Å²) in [5.41, 5.74) is 3.88. The Kier molecular flexibility index (Phi) is 5.38. The molecule has 3 aromatic heterocycles. The van der Waals surface area contributed by atoms with E-state index < -0.39 is 0 Å². The monoisotopic (exact) mass is 461 g/mol. The van der Waals surface area contributed by atoms with Crippen LogP contribution in [-0.2, 0) is 24.9 Å². The van der Waals surface area contributed by atoms with Gasteiger partial charge in [0.1, 0.15) is 5.39 Å². The first-order chi connectivity index (χ1) is 15.8. The first-order valence-electron chi connectivity index (χ1n) is 11.0. The summed E-state index contributed by atoms with van der Waals surface area (Å²) in [6.45, 7) is 12.5. The second kappa shape index (κ2) is 8.24. The van der Waals surface area contributed by atoms with E-state index in [4.69, 9.17) is 4.98 Å². The molecular formula is C24H27N7OS. The van der Waals surface area contributed by atoms with Crippen LogP contribution in [0.25, 0.3) is 16.2 Å². The van der Waals surface area contributed by atoms with Crippen molar-refractivity contribution in [3.8, 4) is 5.13 Å². The molecule has 9 heteroatoms. The van der Waals surface area contributed by atoms with Crippen LogP contribution in [0.15, 0.2) is 48.0 Å². The minimum absolute atomic E-state index is 0.0363. The topological polar surface area (TPSA) is 89.7 Å². The van der Waals surface area contributed by atoms with Gasteiger partial charge in [0, 0.05) is 29.5 Å². The third-order valence-corrected chi connectivity index (χ3v) is 7.14. The number of aromatic nitrogens is 5. The number of nitrogens with one attached hydrogen (secondary N) is 2. The van der Waals surface area contributed by atoms with Crippen molar-refractivity contribution in [2.45, 2.75) is 45.7 Å². The molecule has 1 aliphatic heterocycles. The molecule has 4 aromatic rings. The van der Waals surface area contributed by atoms with Gasteiger partial charge in [-0.05, 0) is 41.6 Å². The first-order valence-corrected chi connectivity index (χ1v) is 11.8. The first kappa shape index (κ1) is 21.5. The number of anilines is 2. The van der Waals surface area contributed by atoms with Gasteiger partial charge in [-0.25, -0.2) is 19.3 Å². The van der Waals surface area contributed by atoms with Gasteiger partial charge < -0.3 is 10.6 Å². The molecule has 33 heavy (non-hydrogen) atoms. The Bertz CT molecular complexity index is 1410. The van der Waals surface area contributed by atoms with Gasteiger partial charge in [0.25, 0.3) is 5.56 Å². The van der Waals surface area contributed by atoms with E-state index in [0.29, 0.717) is 28.7 Å². The molecule has 0 radical (unpaired) electrons. The summed E-state index contributed by atoms with van der Waals surface area (Å²) in [4.78, 5) is 28.0. The highest BCUT2D eigenvalue weighted by atomic mass is 32.1. The summed E-state index contributed by atoms with van der Waals surface area (Å²) in [6, 6.07) is 6.32. The van der Waals surface area contributed by atoms with E-state index in [9.17, 15) is 4.79 Å². The third kappa shape index (κ3) is 3.98. The average molecular weight is 462 g/mol. The Balaban J connectivity index is 1.59. The van der Waals surface area contributed by atoms with Crippen molar-refractivity contribution in [2.75, 3.05) is 11.9 Å². The van der Waals surface area contributed by atoms with E-state index >= 15 is 0 Å². The van der Waals surface area contributed by atoms with Crippen molar-refractivity contribution in [1.82, 2.24) is 29.6 Å². The summed E-state index contributed by atoms with van der Waals surface area (Å²) < 4.78 is 3.38. The number of rotatable bonds is 5. The predicted octanol–water partition coefficient (Wildman–Crippen LogP) is 3.91. The molecule has 0 atom stereocenters. The highest BCUT2D eigenvalue weighted by Gasteiger charge is 2.22. The summed E-state index contributed by atoms with van der Waals surface area (Å²) in [5, 5.41) is 7.85. The Morgan fingerprint density at radius 2 is 2.09 bits per heavy atom. The average Bonchev–Trinajstić information content (AvgIpc) is 3.38. The fourth-order valence-corrected chi connectivity index (χ4v) is 4.95. The summed E-state index contributed by atoms with van der Waals surface area (Å²) >= 11 is 1.56. The van der Waals surface area contributed by atoms with Crippen molar-refractivity contribution < 1.29 is 0 Å². The van der Waals surface area contributed by atoms with Crippen LogP contribution in [0, 0.1) is 0 Å². The summed E-state index contributed by atoms with van der Waals surface area (Å²) in [6.07, 6.45) is 6.19. The molecule has 0 unspecified atom stereocenters. The molecule has 2 N–H and O–H groups in total. The van der Waals surface area contributed by atoms with E-state index in [1.165, 1.54) is 11.1 Å². The van der Waals surface area contributed by atoms with Crippen LogP contribution < -0.4 is 16.2 Å². The van der Waals surface area contributed by atoms with Crippen LogP contribution >= 0.6 is 11.3 Å². The smallest absolute Gasteiger partial charge is 0.278 e. The Hall–Kier alpha value is -3.30. The van der Waals surface area contributed by atoms with E-state index in [0.717, 1.165) is 30.1 Å². The van der Waals surface area contributed by atoms with Gasteiger partial charge in [-0.2, -0.15) is 4.98 Å². The highest BCUT2D eigenvalue weighted by molar-refractivity contribution is 7.14. The second-order valence-corrected chi connectivity index (χ2v) is 10.2. The zero-order chi connectivity index (χ0) is 23.2. The van der Waals surface area contributed by atoms with Gasteiger partial charge in [-0.15, -0.1) is 6.58 Å². The molecule has 1 aliphatic rings. The lowest BCUT2D eigenvalue weighted by Crippen LogP contribution is -2.23. The molecule has 0 aliphatic carbocycles. The van der Waals surface area contributed by atoms with Crippen LogP contribution in [0.2, 0.25) is 0 Å². The normalized spacial score (nSPS) is 13.8. The number of fused-ring (bicyclic) bond motifs is 2. The Morgan fingerprint density at radius 3 is 2.85 bits per heavy atom. The van der Waals surface area contributed by atoms with Crippen molar-refractivity contribution in [3.63, 3.8) is 0 Å². The van der Waals surface area contributed by atoms with Crippen LogP contribution in [0.5, 0.6) is 0 Å². The number of allylic oxidation sites excluding steroid dienone is 1. The SMILES string of the molecule is C=CCn1c(=O)c2cnc(Nc3ccc4c(c3)CNCC4)nc2n1-c1ncc(C(C)(C)C)s1. The van der Waals surface area contributed by atoms with Crippen molar-refractivity contribution in [1.29, 1.82) is 0 Å². The van der Waals surface area contributed by atoms with Gasteiger partial charge in [-0.1, -0.05) is 44.3 Å². The Morgan fingerprint density at radius 1 is 1.24 bits per heavy atom. The maximum Gasteiger partial charge on any atom is 0.278 e. The number of thiazole rings is 1. The lowest BCUT2D eigenvalue weighted by molar-refractivity contribution is 0.601. The summed E-state index contributed by atoms with van der Waals surface area (Å²) in [5.74, 6) is 0.434. The predicted molar refractivity (Wildman–Crippen MR) is 133 cm³/mol. The van der Waals surface area contributed by atoms with E-state index in [2.05, 4.69) is 60.1 Å². The van der Waals surface area contributed by atoms with Crippen molar-refractivity contribution in [2.24, 2.45) is 0 Å². The Labute approximate surface area is 196 Å². The van der Waals surface area contributed by atoms with Crippen molar-refractivity contribution >= 4 is 34.0 Å². The number of benzene rings is 1. The van der Waals surface area contributed by atoms with Gasteiger partial charge >= 0.3 is 0 Å². The minimum Gasteiger partial charge on any atom is -0.324 e. The quantitative estimate of drug-likeness (QED) is 0.438. The molecular weight excluding hydrogens is 434 g/mol. The number of hydrogen-bond donors (Lipinski definition) is 2. The molecule has 0 bridgehead atoms. The third-order valence-electron chi connectivity index (χ3n) is 5.74. The molecule has 5 rings (SSSR count). The van der Waals surface area contributed by atoms with Gasteiger partial charge in [-0.3, -0.25) is 4.79 Å². The van der Waals surface area contributed by atoms with Crippen LogP contribution in [0.1, 0.15) is 36.8 Å². The molecule has 0 saturated heterocycles. The van der Waals surface area contributed by atoms with Crippen LogP contribution in [0.3, 0.4) is 0 Å². The fraction of sp³-hybridized carbons (Fsp3) is 0.333. The zero-order valence-electron chi connectivity index (χ0n) is 19.1. The fourth-order valence-electron chi connectivity index (χ4n) is 3.97. The van der Waals surface area contributed by atoms with E-state index in [1.807, 2.05) is 12.3 Å². The van der Waals surface area contributed by atoms with E-state index in [-0.39, 0.29) is 11.0 Å². The maximum absolute atomic E-state index is 13.1. The van der Waals surface area contributed by atoms with Crippen LogP contribution in [-0.4, -0.2) is 30.9 Å². The van der Waals surface area contributed by atoms with Gasteiger partial charge in [0.2, 0.25) is 11.1 Å².